The number of alkyl halides is 1. The van der Waals surface area contributed by atoms with Gasteiger partial charge in [0.15, 0.2) is 0 Å². The van der Waals surface area contributed by atoms with Gasteiger partial charge >= 0.3 is 5.63 Å². The van der Waals surface area contributed by atoms with Crippen LogP contribution in [-0.4, -0.2) is 76.7 Å². The summed E-state index contributed by atoms with van der Waals surface area (Å²) in [5.74, 6) is 0.597. The molecule has 0 aromatic carbocycles. The quantitative estimate of drug-likeness (QED) is 0.606. The molecular weight excluding hydrogens is 483 g/mol. The average Bonchev–Trinajstić information content (AvgIpc) is 3.15. The molecule has 2 N–H and O–H groups in total. The highest BCUT2D eigenvalue weighted by Crippen LogP contribution is 2.71. The molecule has 4 saturated carbocycles. The molecule has 0 spiro atoms. The Morgan fingerprint density at radius 1 is 1.00 bits per heavy atom. The van der Waals surface area contributed by atoms with Crippen molar-refractivity contribution in [3.63, 3.8) is 0 Å². The maximum absolute atomic E-state index is 15.0. The van der Waals surface area contributed by atoms with E-state index in [9.17, 15) is 15.0 Å². The molecule has 4 aliphatic carbocycles. The van der Waals surface area contributed by atoms with E-state index in [2.05, 4.69) is 30.7 Å². The smallest absolute Gasteiger partial charge is 0.335 e. The van der Waals surface area contributed by atoms with E-state index in [1.807, 2.05) is 13.1 Å². The fourth-order valence-corrected chi connectivity index (χ4v) is 10.4. The van der Waals surface area contributed by atoms with Crippen LogP contribution in [0.15, 0.2) is 27.6 Å². The van der Waals surface area contributed by atoms with Crippen molar-refractivity contribution in [1.29, 1.82) is 0 Å². The van der Waals surface area contributed by atoms with Crippen LogP contribution in [0.1, 0.15) is 89.5 Å². The number of fused-ring (bicyclic) bond motifs is 5. The zero-order chi connectivity index (χ0) is 27.1. The summed E-state index contributed by atoms with van der Waals surface area (Å²) in [6.45, 7) is 5.94. The predicted molar refractivity (Wildman–Crippen MR) is 145 cm³/mol. The van der Waals surface area contributed by atoms with Crippen LogP contribution in [0.3, 0.4) is 0 Å². The van der Waals surface area contributed by atoms with Gasteiger partial charge in [-0.3, -0.25) is 4.90 Å². The summed E-state index contributed by atoms with van der Waals surface area (Å²) in [4.78, 5) is 15.9. The highest BCUT2D eigenvalue weighted by Gasteiger charge is 2.70. The Balaban J connectivity index is 1.23. The van der Waals surface area contributed by atoms with Crippen molar-refractivity contribution in [2.75, 3.05) is 27.2 Å². The Labute approximate surface area is 226 Å². The van der Waals surface area contributed by atoms with Gasteiger partial charge in [0.25, 0.3) is 0 Å². The topological polar surface area (TPSA) is 77.2 Å². The SMILES string of the molecule is CN1CCC(N(C)[C@H]2CC[C@]3(C)[C@H]4CC[C@]5(C)[C@@H](c6ccc(=O)oc6)CC[C@]5(O)[C@@H]4CC[C@]3(O)C2)[C@@H](F)C1. The van der Waals surface area contributed by atoms with Gasteiger partial charge in [-0.25, -0.2) is 9.18 Å². The first kappa shape index (κ1) is 26.9. The van der Waals surface area contributed by atoms with E-state index in [0.717, 1.165) is 63.5 Å². The normalized spacial score (nSPS) is 49.4. The molecule has 0 amide bonds. The second-order valence-corrected chi connectivity index (χ2v) is 14.3. The molecule has 212 valence electrons. The van der Waals surface area contributed by atoms with Gasteiger partial charge in [0.2, 0.25) is 0 Å². The Kier molecular flexibility index (Phi) is 6.46. The van der Waals surface area contributed by atoms with Gasteiger partial charge in [-0.05, 0) is 120 Å². The zero-order valence-electron chi connectivity index (χ0n) is 23.7. The van der Waals surface area contributed by atoms with Crippen LogP contribution < -0.4 is 5.63 Å². The maximum Gasteiger partial charge on any atom is 0.335 e. The van der Waals surface area contributed by atoms with Crippen molar-refractivity contribution in [2.45, 2.75) is 113 Å². The zero-order valence-corrected chi connectivity index (χ0v) is 23.7. The van der Waals surface area contributed by atoms with Gasteiger partial charge in [0, 0.05) is 30.1 Å². The third-order valence-corrected chi connectivity index (χ3v) is 12.9. The van der Waals surface area contributed by atoms with Gasteiger partial charge in [-0.15, -0.1) is 0 Å². The van der Waals surface area contributed by atoms with E-state index in [-0.39, 0.29) is 46.3 Å². The Morgan fingerprint density at radius 2 is 1.74 bits per heavy atom. The number of halogens is 1. The third-order valence-electron chi connectivity index (χ3n) is 12.9. The van der Waals surface area contributed by atoms with Crippen LogP contribution in [0.2, 0.25) is 0 Å². The number of piperidine rings is 1. The monoisotopic (exact) mass is 530 g/mol. The van der Waals surface area contributed by atoms with Crippen LogP contribution in [0, 0.1) is 22.7 Å². The van der Waals surface area contributed by atoms with Gasteiger partial charge in [-0.1, -0.05) is 13.8 Å². The van der Waals surface area contributed by atoms with Crippen molar-refractivity contribution in [1.82, 2.24) is 9.80 Å². The minimum absolute atomic E-state index is 0.0746. The van der Waals surface area contributed by atoms with E-state index in [0.29, 0.717) is 19.4 Å². The number of rotatable bonds is 3. The maximum atomic E-state index is 15.0. The van der Waals surface area contributed by atoms with E-state index in [1.54, 1.807) is 6.26 Å². The lowest BCUT2D eigenvalue weighted by molar-refractivity contribution is -0.251. The van der Waals surface area contributed by atoms with Crippen LogP contribution >= 0.6 is 0 Å². The lowest BCUT2D eigenvalue weighted by Crippen LogP contribution is -2.68. The summed E-state index contributed by atoms with van der Waals surface area (Å²) in [6.07, 6.45) is 9.24. The molecule has 1 saturated heterocycles. The Bertz CT molecular complexity index is 1090. The Morgan fingerprint density at radius 3 is 2.45 bits per heavy atom. The summed E-state index contributed by atoms with van der Waals surface area (Å²) in [5, 5.41) is 24.8. The first-order valence-corrected chi connectivity index (χ1v) is 15.0. The second-order valence-electron chi connectivity index (χ2n) is 14.3. The molecule has 1 unspecified atom stereocenters. The minimum Gasteiger partial charge on any atom is -0.431 e. The number of aliphatic hydroxyl groups is 2. The lowest BCUT2D eigenvalue weighted by atomic mass is 9.41. The highest BCUT2D eigenvalue weighted by molar-refractivity contribution is 5.28. The van der Waals surface area contributed by atoms with Crippen LogP contribution in [0.4, 0.5) is 4.39 Å². The molecule has 2 heterocycles. The Hall–Kier alpha value is -1.28. The van der Waals surface area contributed by atoms with Crippen LogP contribution in [0.25, 0.3) is 0 Å². The third kappa shape index (κ3) is 3.74. The van der Waals surface area contributed by atoms with E-state index >= 15 is 4.39 Å². The molecule has 10 atom stereocenters. The molecule has 6 nitrogen and oxygen atoms in total. The van der Waals surface area contributed by atoms with E-state index in [1.165, 1.54) is 6.07 Å². The highest BCUT2D eigenvalue weighted by atomic mass is 19.1. The number of likely N-dealkylation sites (tertiary alicyclic amines) is 1. The van der Waals surface area contributed by atoms with Crippen LogP contribution in [-0.2, 0) is 0 Å². The van der Waals surface area contributed by atoms with Gasteiger partial charge in [0.05, 0.1) is 17.5 Å². The summed E-state index contributed by atoms with van der Waals surface area (Å²) in [5.41, 5.74) is -1.42. The minimum atomic E-state index is -0.851. The first-order chi connectivity index (χ1) is 17.9. The molecule has 6 rings (SSSR count). The predicted octanol–water partition coefficient (Wildman–Crippen LogP) is 4.34. The van der Waals surface area contributed by atoms with Crippen molar-refractivity contribution < 1.29 is 19.0 Å². The lowest BCUT2D eigenvalue weighted by Gasteiger charge is -2.66. The van der Waals surface area contributed by atoms with Crippen molar-refractivity contribution in [3.8, 4) is 0 Å². The van der Waals surface area contributed by atoms with Crippen LogP contribution in [0.5, 0.6) is 0 Å². The molecule has 38 heavy (non-hydrogen) atoms. The van der Waals surface area contributed by atoms with Crippen molar-refractivity contribution >= 4 is 0 Å². The molecule has 1 aromatic rings. The first-order valence-electron chi connectivity index (χ1n) is 15.0. The molecule has 5 aliphatic rings. The van der Waals surface area contributed by atoms with Crippen molar-refractivity contribution in [2.24, 2.45) is 22.7 Å². The van der Waals surface area contributed by atoms with E-state index < -0.39 is 17.4 Å². The standard InChI is InChI=1S/C31H47FN2O4/c1-28-12-7-21(34(4)26-11-16-33(3)18-25(26)32)17-30(28,36)14-9-24-23(28)8-13-29(2)22(10-15-31(24,29)37)20-5-6-27(35)38-19-20/h5-6,19,21-26,36-37H,7-18H2,1-4H3/t21-,22+,23-,24+,25-,26?,28+,29+,30-,31-/m0/s1. The number of hydrogen-bond donors (Lipinski definition) is 2. The van der Waals surface area contributed by atoms with Gasteiger partial charge in [0.1, 0.15) is 6.17 Å². The van der Waals surface area contributed by atoms with Crippen molar-refractivity contribution in [3.05, 3.63) is 34.4 Å². The molecular formula is C31H47FN2O4. The number of hydrogen-bond acceptors (Lipinski definition) is 6. The fraction of sp³-hybridized carbons (Fsp3) is 0.839. The van der Waals surface area contributed by atoms with Gasteiger partial charge < -0.3 is 19.5 Å². The van der Waals surface area contributed by atoms with Gasteiger partial charge in [-0.2, -0.15) is 0 Å². The second kappa shape index (κ2) is 9.12. The summed E-state index contributed by atoms with van der Waals surface area (Å²) >= 11 is 0. The molecule has 1 aliphatic heterocycles. The molecule has 5 fully saturated rings. The summed E-state index contributed by atoms with van der Waals surface area (Å²) in [7, 11) is 4.06. The molecule has 7 heteroatoms. The molecule has 0 radical (unpaired) electrons. The van der Waals surface area contributed by atoms with E-state index in [4.69, 9.17) is 4.42 Å². The fourth-order valence-electron chi connectivity index (χ4n) is 10.4. The average molecular weight is 531 g/mol. The number of nitrogens with zero attached hydrogens (tertiary/aromatic N) is 2. The summed E-state index contributed by atoms with van der Waals surface area (Å²) in [6, 6.07) is 3.49. The molecule has 1 aromatic heterocycles. The molecule has 0 bridgehead atoms. The largest absolute Gasteiger partial charge is 0.431 e. The summed E-state index contributed by atoms with van der Waals surface area (Å²) < 4.78 is 20.2.